The molecule has 4 rings (SSSR count). The van der Waals surface area contributed by atoms with Crippen LogP contribution in [-0.4, -0.2) is 23.2 Å². The van der Waals surface area contributed by atoms with Crippen molar-refractivity contribution >= 4 is 31.0 Å². The molecule has 7 atom stereocenters. The minimum absolute atomic E-state index is 0.248. The van der Waals surface area contributed by atoms with Gasteiger partial charge in [0, 0.05) is 28.9 Å². The van der Waals surface area contributed by atoms with Gasteiger partial charge in [0.15, 0.2) is 0 Å². The normalized spacial score (nSPS) is 28.3. The number of aromatic nitrogens is 1. The molecule has 0 radical (unpaired) electrons. The Hall–Kier alpha value is -1.79. The first-order valence-electron chi connectivity index (χ1n) is 15.3. The summed E-state index contributed by atoms with van der Waals surface area (Å²) in [5.41, 5.74) is 0.517. The Morgan fingerprint density at radius 3 is 2.05 bits per heavy atom. The van der Waals surface area contributed by atoms with Crippen LogP contribution in [0.4, 0.5) is 0 Å². The second-order valence-electron chi connectivity index (χ2n) is 12.9. The van der Waals surface area contributed by atoms with E-state index in [2.05, 4.69) is 46.5 Å². The summed E-state index contributed by atoms with van der Waals surface area (Å²) >= 11 is 1.53. The smallest absolute Gasteiger partial charge is 0.376 e. The van der Waals surface area contributed by atoms with Gasteiger partial charge in [-0.05, 0) is 84.8 Å². The van der Waals surface area contributed by atoms with Crippen molar-refractivity contribution < 1.29 is 23.1 Å². The zero-order valence-electron chi connectivity index (χ0n) is 25.5. The molecule has 0 bridgehead atoms. The number of esters is 1. The van der Waals surface area contributed by atoms with Gasteiger partial charge in [0.2, 0.25) is 5.85 Å². The summed E-state index contributed by atoms with van der Waals surface area (Å²) in [7, 11) is -4.05. The van der Waals surface area contributed by atoms with Crippen LogP contribution in [0.1, 0.15) is 96.4 Å². The van der Waals surface area contributed by atoms with E-state index in [4.69, 9.17) is 13.8 Å². The van der Waals surface area contributed by atoms with E-state index in [1.54, 1.807) is 30.6 Å². The summed E-state index contributed by atoms with van der Waals surface area (Å²) < 4.78 is 35.0. The molecule has 2 heterocycles. The van der Waals surface area contributed by atoms with E-state index in [0.717, 1.165) is 43.4 Å². The molecular formula is C33H48NO5PS. The van der Waals surface area contributed by atoms with Gasteiger partial charge in [-0.3, -0.25) is 9.55 Å². The Balaban J connectivity index is 1.73. The molecule has 2 aromatic heterocycles. The van der Waals surface area contributed by atoms with Crippen LogP contribution >= 0.6 is 18.9 Å². The number of hydrogen-bond acceptors (Lipinski definition) is 7. The molecule has 0 N–H and O–H groups in total. The summed E-state index contributed by atoms with van der Waals surface area (Å²) in [4.78, 5) is 18.5. The number of carbonyl (C=O) groups excluding carboxylic acids is 1. The molecule has 0 spiro atoms. The number of carbonyl (C=O) groups is 1. The van der Waals surface area contributed by atoms with E-state index >= 15 is 4.57 Å². The van der Waals surface area contributed by atoms with E-state index in [9.17, 15) is 4.79 Å². The topological polar surface area (TPSA) is 74.7 Å². The van der Waals surface area contributed by atoms with E-state index in [1.807, 2.05) is 17.5 Å². The van der Waals surface area contributed by atoms with Gasteiger partial charge in [-0.2, -0.15) is 0 Å². The van der Waals surface area contributed by atoms with Crippen molar-refractivity contribution in [2.75, 3.05) is 0 Å². The Kier molecular flexibility index (Phi) is 11.4. The van der Waals surface area contributed by atoms with Gasteiger partial charge < -0.3 is 13.8 Å². The second kappa shape index (κ2) is 14.6. The lowest BCUT2D eigenvalue weighted by atomic mass is 9.75. The van der Waals surface area contributed by atoms with Gasteiger partial charge in [0.25, 0.3) is 0 Å². The lowest BCUT2D eigenvalue weighted by Crippen LogP contribution is -2.37. The van der Waals surface area contributed by atoms with Gasteiger partial charge in [-0.1, -0.05) is 66.5 Å². The Morgan fingerprint density at radius 1 is 0.951 bits per heavy atom. The molecule has 41 heavy (non-hydrogen) atoms. The first kappa shape index (κ1) is 32.1. The largest absolute Gasteiger partial charge is 0.441 e. The van der Waals surface area contributed by atoms with Gasteiger partial charge in [0.1, 0.15) is 0 Å². The maximum atomic E-state index is 15.4. The maximum Gasteiger partial charge on any atom is 0.376 e. The molecule has 0 aliphatic heterocycles. The van der Waals surface area contributed by atoms with Gasteiger partial charge >= 0.3 is 13.6 Å². The van der Waals surface area contributed by atoms with Gasteiger partial charge in [-0.25, -0.2) is 4.79 Å². The minimum atomic E-state index is -4.05. The fraction of sp³-hybridized carbons (Fsp3) is 0.636. The average Bonchev–Trinajstić information content (AvgIpc) is 3.44. The monoisotopic (exact) mass is 601 g/mol. The molecule has 0 unspecified atom stereocenters. The fourth-order valence-electron chi connectivity index (χ4n) is 6.51. The van der Waals surface area contributed by atoms with Crippen molar-refractivity contribution in [3.05, 3.63) is 58.6 Å². The number of ether oxygens (including phenoxy) is 1. The van der Waals surface area contributed by atoms with E-state index in [0.29, 0.717) is 29.2 Å². The average molecular weight is 602 g/mol. The predicted octanol–water partition coefficient (Wildman–Crippen LogP) is 9.55. The maximum absolute atomic E-state index is 15.4. The van der Waals surface area contributed by atoms with Crippen LogP contribution in [0.15, 0.2) is 48.1 Å². The summed E-state index contributed by atoms with van der Waals surface area (Å²) in [5.74, 6) is 0.335. The molecule has 0 aromatic carbocycles. The minimum Gasteiger partial charge on any atom is -0.441 e. The molecule has 2 aliphatic carbocycles. The zero-order chi connectivity index (χ0) is 29.6. The number of hydrogen-bond donors (Lipinski definition) is 0. The first-order chi connectivity index (χ1) is 19.6. The van der Waals surface area contributed by atoms with Crippen LogP contribution in [-0.2, 0) is 23.1 Å². The number of rotatable bonds is 11. The Morgan fingerprint density at radius 2 is 1.56 bits per heavy atom. The van der Waals surface area contributed by atoms with Crippen LogP contribution in [0.25, 0.3) is 6.08 Å². The molecule has 226 valence electrons. The molecule has 2 aromatic rings. The van der Waals surface area contributed by atoms with Gasteiger partial charge in [0.05, 0.1) is 12.2 Å². The van der Waals surface area contributed by atoms with Gasteiger partial charge in [-0.15, -0.1) is 11.3 Å². The third-order valence-corrected chi connectivity index (χ3v) is 11.8. The van der Waals surface area contributed by atoms with Crippen LogP contribution in [0, 0.1) is 35.5 Å². The predicted molar refractivity (Wildman–Crippen MR) is 166 cm³/mol. The quantitative estimate of drug-likeness (QED) is 0.145. The highest BCUT2D eigenvalue weighted by Gasteiger charge is 2.48. The Bertz CT molecular complexity index is 1130. The van der Waals surface area contributed by atoms with E-state index in [-0.39, 0.29) is 24.0 Å². The van der Waals surface area contributed by atoms with E-state index < -0.39 is 19.4 Å². The highest BCUT2D eigenvalue weighted by molar-refractivity contribution is 7.54. The number of thiophene rings is 1. The Labute approximate surface area is 250 Å². The van der Waals surface area contributed by atoms with Crippen molar-refractivity contribution in [3.63, 3.8) is 0 Å². The highest BCUT2D eigenvalue weighted by Crippen LogP contribution is 2.65. The third kappa shape index (κ3) is 8.63. The molecular weight excluding hydrogens is 553 g/mol. The fourth-order valence-corrected chi connectivity index (χ4v) is 9.39. The summed E-state index contributed by atoms with van der Waals surface area (Å²) in [5, 5.41) is 1.95. The van der Waals surface area contributed by atoms with Crippen LogP contribution in [0.5, 0.6) is 0 Å². The van der Waals surface area contributed by atoms with Crippen molar-refractivity contribution in [1.82, 2.24) is 4.98 Å². The van der Waals surface area contributed by atoms with Crippen molar-refractivity contribution in [2.45, 2.75) is 98.1 Å². The lowest BCUT2D eigenvalue weighted by Gasteiger charge is -2.43. The number of nitrogens with zero attached hydrogens (tertiary/aromatic N) is 1. The SMILES string of the molecule is CC(C)[C@H]1CC[C@@H](C)C[C@H]1OP(=O)(O[C@@H]1C[C@H](C)CC[C@@H]1C(C)C)[C@H](OC(=O)/C=C\c1cccs1)c1cccnc1. The summed E-state index contributed by atoms with van der Waals surface area (Å²) in [6.45, 7) is 13.3. The molecule has 8 heteroatoms. The molecule has 0 amide bonds. The molecule has 2 saturated carbocycles. The van der Waals surface area contributed by atoms with Crippen LogP contribution in [0.2, 0.25) is 0 Å². The lowest BCUT2D eigenvalue weighted by molar-refractivity contribution is -0.141. The standard InChI is InChI=1S/C33H48NO5PS/c1-22(2)28-14-11-24(5)19-30(28)38-40(36,39-31-20-25(6)12-15-29(31)23(3)4)33(26-9-7-17-34-21-26)37-32(35)16-13-27-10-8-18-41-27/h7-10,13,16-18,21-25,28-31,33H,11-12,14-15,19-20H2,1-6H3/b16-13-/t24-,25-,28-,29-,30-,31-,33+/m1/s1. The van der Waals surface area contributed by atoms with Crippen molar-refractivity contribution in [3.8, 4) is 0 Å². The third-order valence-electron chi connectivity index (χ3n) is 8.90. The van der Waals surface area contributed by atoms with Crippen molar-refractivity contribution in [1.29, 1.82) is 0 Å². The molecule has 2 fully saturated rings. The number of pyridine rings is 1. The molecule has 2 aliphatic rings. The second-order valence-corrected chi connectivity index (χ2v) is 15.9. The summed E-state index contributed by atoms with van der Waals surface area (Å²) in [6.07, 6.45) is 11.7. The first-order valence-corrected chi connectivity index (χ1v) is 17.8. The van der Waals surface area contributed by atoms with Crippen molar-refractivity contribution in [2.24, 2.45) is 35.5 Å². The van der Waals surface area contributed by atoms with Crippen LogP contribution in [0.3, 0.4) is 0 Å². The van der Waals surface area contributed by atoms with Crippen LogP contribution < -0.4 is 0 Å². The molecule has 0 saturated heterocycles. The summed E-state index contributed by atoms with van der Waals surface area (Å²) in [6, 6.07) is 7.41. The highest BCUT2D eigenvalue weighted by atomic mass is 32.1. The van der Waals surface area contributed by atoms with E-state index in [1.165, 1.54) is 17.4 Å². The molecule has 6 nitrogen and oxygen atoms in total. The zero-order valence-corrected chi connectivity index (χ0v) is 27.2.